The molecular weight excluding hydrogens is 609 g/mol. The maximum absolute atomic E-state index is 17.1. The van der Waals surface area contributed by atoms with E-state index in [-0.39, 0.29) is 70.7 Å². The summed E-state index contributed by atoms with van der Waals surface area (Å²) in [4.78, 5) is 18.3. The van der Waals surface area contributed by atoms with Crippen LogP contribution in [0.15, 0.2) is 24.3 Å². The number of anilines is 1. The summed E-state index contributed by atoms with van der Waals surface area (Å²) >= 11 is 0. The van der Waals surface area contributed by atoms with E-state index in [1.807, 2.05) is 0 Å². The molecule has 4 aliphatic rings. The van der Waals surface area contributed by atoms with Crippen molar-refractivity contribution < 1.29 is 27.8 Å². The molecule has 2 N–H and O–H groups in total. The number of fused-ring (bicyclic) bond motifs is 5. The number of alkyl halides is 1. The minimum Gasteiger partial charge on any atom is -0.508 e. The molecule has 2 aromatic carbocycles. The van der Waals surface area contributed by atoms with Gasteiger partial charge in [0.15, 0.2) is 5.82 Å². The lowest BCUT2D eigenvalue weighted by atomic mass is 9.95. The predicted molar refractivity (Wildman–Crippen MR) is 172 cm³/mol. The molecule has 0 spiro atoms. The quantitative estimate of drug-likeness (QED) is 0.267. The molecule has 4 aromatic rings. The molecule has 9 nitrogen and oxygen atoms in total. The second-order valence-electron chi connectivity index (χ2n) is 13.1. The van der Waals surface area contributed by atoms with E-state index in [1.165, 1.54) is 24.3 Å². The Balaban J connectivity index is 1.33. The average molecular weight is 645 g/mol. The van der Waals surface area contributed by atoms with Crippen molar-refractivity contribution in [2.24, 2.45) is 0 Å². The number of rotatable bonds is 7. The Morgan fingerprint density at radius 2 is 1.89 bits per heavy atom. The van der Waals surface area contributed by atoms with Crippen molar-refractivity contribution in [2.75, 3.05) is 44.3 Å². The van der Waals surface area contributed by atoms with Gasteiger partial charge < -0.3 is 24.8 Å². The molecular formula is C35H35F3N6O3. The number of terminal acetylenes is 1. The van der Waals surface area contributed by atoms with Gasteiger partial charge in [0, 0.05) is 49.1 Å². The van der Waals surface area contributed by atoms with Crippen LogP contribution in [0.1, 0.15) is 44.6 Å². The summed E-state index contributed by atoms with van der Waals surface area (Å²) in [7, 11) is 0. The summed E-state index contributed by atoms with van der Waals surface area (Å²) in [6.45, 7) is 4.63. The summed E-state index contributed by atoms with van der Waals surface area (Å²) in [5.74, 6) is 1.26. The lowest BCUT2D eigenvalue weighted by Gasteiger charge is -2.35. The van der Waals surface area contributed by atoms with Crippen LogP contribution in [0.2, 0.25) is 0 Å². The third-order valence-corrected chi connectivity index (χ3v) is 10.2. The Kier molecular flexibility index (Phi) is 7.29. The summed E-state index contributed by atoms with van der Waals surface area (Å²) in [6.07, 6.45) is 8.93. The van der Waals surface area contributed by atoms with Crippen LogP contribution in [-0.2, 0) is 0 Å². The van der Waals surface area contributed by atoms with Gasteiger partial charge in [-0.1, -0.05) is 12.0 Å². The molecule has 0 amide bonds. The van der Waals surface area contributed by atoms with E-state index in [0.29, 0.717) is 42.6 Å². The number of piperazine rings is 1. The van der Waals surface area contributed by atoms with Crippen molar-refractivity contribution in [3.05, 3.63) is 41.5 Å². The first-order valence-corrected chi connectivity index (χ1v) is 16.3. The van der Waals surface area contributed by atoms with Crippen LogP contribution in [0.25, 0.3) is 32.9 Å². The average Bonchev–Trinajstić information content (AvgIpc) is 3.71. The summed E-state index contributed by atoms with van der Waals surface area (Å²) in [5.41, 5.74) is -0.744. The first-order chi connectivity index (χ1) is 22.8. The van der Waals surface area contributed by atoms with Gasteiger partial charge in [0.05, 0.1) is 17.7 Å². The van der Waals surface area contributed by atoms with E-state index < -0.39 is 23.3 Å². The fourth-order valence-corrected chi connectivity index (χ4v) is 8.19. The lowest BCUT2D eigenvalue weighted by molar-refractivity contribution is 0.107. The standard InChI is InChI=1S/C35H35F3N6O3/c1-3-24-26(37)9-6-19-12-23(45)13-25(27(19)24)30-29(38)31-28(33(40-30)46-4-2)32(43-16-21-7-8-22(17-43)39-21)42-34(41-31)47-18-35-10-5-11-44(35)15-20(36)14-35/h1,6,9,12-13,20-22,39,45H,4-5,7-8,10-11,14-18H2,2H3/t20-,21?,22?,35+/m1/s1. The van der Waals surface area contributed by atoms with Gasteiger partial charge in [-0.25, -0.2) is 18.2 Å². The molecule has 4 atom stereocenters. The molecule has 2 unspecified atom stereocenters. The van der Waals surface area contributed by atoms with E-state index in [9.17, 15) is 13.9 Å². The number of hydrogen-bond donors (Lipinski definition) is 2. The number of pyridine rings is 1. The van der Waals surface area contributed by atoms with Gasteiger partial charge in [0.1, 0.15) is 46.8 Å². The van der Waals surface area contributed by atoms with Crippen molar-refractivity contribution >= 4 is 27.5 Å². The first-order valence-electron chi connectivity index (χ1n) is 16.3. The normalized spacial score (nSPS) is 25.4. The van der Waals surface area contributed by atoms with Crippen molar-refractivity contribution in [1.82, 2.24) is 25.2 Å². The Morgan fingerprint density at radius 3 is 2.66 bits per heavy atom. The van der Waals surface area contributed by atoms with E-state index in [4.69, 9.17) is 20.9 Å². The Bertz CT molecular complexity index is 1940. The number of nitrogens with one attached hydrogen (secondary N) is 1. The summed E-state index contributed by atoms with van der Waals surface area (Å²) < 4.78 is 58.9. The van der Waals surface area contributed by atoms with Gasteiger partial charge in [-0.05, 0) is 62.7 Å². The molecule has 12 heteroatoms. The van der Waals surface area contributed by atoms with Crippen molar-refractivity contribution in [3.8, 4) is 41.2 Å². The number of aromatic hydroxyl groups is 1. The number of phenolic OH excluding ortho intramolecular Hbond substituents is 1. The van der Waals surface area contributed by atoms with Crippen molar-refractivity contribution in [1.29, 1.82) is 0 Å². The monoisotopic (exact) mass is 644 g/mol. The third kappa shape index (κ3) is 4.98. The molecule has 2 aromatic heterocycles. The van der Waals surface area contributed by atoms with Gasteiger partial charge in [0.25, 0.3) is 0 Å². The lowest BCUT2D eigenvalue weighted by Crippen LogP contribution is -2.51. The molecule has 0 aliphatic carbocycles. The van der Waals surface area contributed by atoms with Gasteiger partial charge in [-0.15, -0.1) is 6.42 Å². The van der Waals surface area contributed by atoms with Crippen molar-refractivity contribution in [3.63, 3.8) is 0 Å². The Hall–Kier alpha value is -4.34. The molecule has 0 saturated carbocycles. The minimum absolute atomic E-state index is 0.0310. The van der Waals surface area contributed by atoms with Gasteiger partial charge in [0.2, 0.25) is 5.88 Å². The second kappa shape index (κ2) is 11.4. The molecule has 244 valence electrons. The van der Waals surface area contributed by atoms with Crippen LogP contribution >= 0.6 is 0 Å². The fourth-order valence-electron chi connectivity index (χ4n) is 8.19. The van der Waals surface area contributed by atoms with E-state index >= 15 is 4.39 Å². The molecule has 4 aliphatic heterocycles. The number of hydrogen-bond acceptors (Lipinski definition) is 9. The summed E-state index contributed by atoms with van der Waals surface area (Å²) in [6, 6.07) is 5.89. The molecule has 47 heavy (non-hydrogen) atoms. The maximum Gasteiger partial charge on any atom is 0.319 e. The smallest absolute Gasteiger partial charge is 0.319 e. The van der Waals surface area contributed by atoms with Crippen LogP contribution in [0, 0.1) is 24.0 Å². The number of benzene rings is 2. The highest BCUT2D eigenvalue weighted by Crippen LogP contribution is 2.44. The largest absolute Gasteiger partial charge is 0.508 e. The fraction of sp³-hybridized carbons (Fsp3) is 0.457. The first kappa shape index (κ1) is 30.0. The van der Waals surface area contributed by atoms with E-state index in [0.717, 1.165) is 32.2 Å². The zero-order valence-corrected chi connectivity index (χ0v) is 26.0. The van der Waals surface area contributed by atoms with Gasteiger partial charge in [-0.3, -0.25) is 4.90 Å². The number of ether oxygens (including phenoxy) is 2. The molecule has 8 rings (SSSR count). The highest BCUT2D eigenvalue weighted by Gasteiger charge is 2.49. The number of phenols is 1. The van der Waals surface area contributed by atoms with Crippen LogP contribution in [-0.4, -0.2) is 88.1 Å². The Labute approximate surface area is 270 Å². The molecule has 4 fully saturated rings. The van der Waals surface area contributed by atoms with E-state index in [2.05, 4.69) is 31.0 Å². The topological polar surface area (TPSA) is 95.9 Å². The molecule has 2 bridgehead atoms. The maximum atomic E-state index is 17.1. The van der Waals surface area contributed by atoms with Gasteiger partial charge >= 0.3 is 6.01 Å². The summed E-state index contributed by atoms with van der Waals surface area (Å²) in [5, 5.41) is 15.2. The third-order valence-electron chi connectivity index (χ3n) is 10.2. The minimum atomic E-state index is -0.932. The number of halogens is 3. The molecule has 0 radical (unpaired) electrons. The molecule has 6 heterocycles. The zero-order valence-electron chi connectivity index (χ0n) is 26.0. The second-order valence-corrected chi connectivity index (χ2v) is 13.1. The van der Waals surface area contributed by atoms with Crippen molar-refractivity contribution in [2.45, 2.75) is 62.8 Å². The van der Waals surface area contributed by atoms with Crippen LogP contribution in [0.5, 0.6) is 17.6 Å². The van der Waals surface area contributed by atoms with Gasteiger partial charge in [-0.2, -0.15) is 9.97 Å². The molecule has 4 saturated heterocycles. The number of aromatic nitrogens is 3. The zero-order chi connectivity index (χ0) is 32.4. The predicted octanol–water partition coefficient (Wildman–Crippen LogP) is 5.10. The van der Waals surface area contributed by atoms with Crippen LogP contribution in [0.3, 0.4) is 0 Å². The SMILES string of the molecule is C#Cc1c(F)ccc2cc(O)cc(-c3nc(OCC)c4c(N5CC6CCC(C5)N6)nc(OC[C@@]56CCCN5C[C@H](F)C6)nc4c3F)c12. The highest BCUT2D eigenvalue weighted by molar-refractivity contribution is 6.04. The van der Waals surface area contributed by atoms with Crippen LogP contribution < -0.4 is 19.7 Å². The van der Waals surface area contributed by atoms with E-state index in [1.54, 1.807) is 6.92 Å². The Morgan fingerprint density at radius 1 is 1.09 bits per heavy atom. The highest BCUT2D eigenvalue weighted by atomic mass is 19.1. The number of nitrogens with zero attached hydrogens (tertiary/aromatic N) is 5. The van der Waals surface area contributed by atoms with Crippen LogP contribution in [0.4, 0.5) is 19.0 Å².